The lowest BCUT2D eigenvalue weighted by molar-refractivity contribution is -0.135. The zero-order valence-electron chi connectivity index (χ0n) is 12.1. The molecule has 1 aromatic rings. The summed E-state index contributed by atoms with van der Waals surface area (Å²) in [5, 5.41) is 12.0. The van der Waals surface area contributed by atoms with E-state index in [0.717, 1.165) is 18.5 Å². The number of nitrogens with one attached hydrogen (secondary N) is 1. The Morgan fingerprint density at radius 2 is 2.10 bits per heavy atom. The number of piperidine rings is 1. The predicted molar refractivity (Wildman–Crippen MR) is 79.3 cm³/mol. The Morgan fingerprint density at radius 3 is 2.75 bits per heavy atom. The number of hydrogen-bond donors (Lipinski definition) is 1. The van der Waals surface area contributed by atoms with Gasteiger partial charge in [-0.1, -0.05) is 6.07 Å². The average Bonchev–Trinajstić information content (AvgIpc) is 2.45. The SMILES string of the molecule is C[C@H]1CCC[C@H](C)N1C(=O)CNc1cccc(C#N)c1. The van der Waals surface area contributed by atoms with Gasteiger partial charge in [0.15, 0.2) is 0 Å². The summed E-state index contributed by atoms with van der Waals surface area (Å²) in [6, 6.07) is 9.93. The Hall–Kier alpha value is -2.02. The molecule has 1 amide bonds. The number of carbonyl (C=O) groups excluding carboxylic acids is 1. The van der Waals surface area contributed by atoms with Crippen LogP contribution in [-0.4, -0.2) is 29.4 Å². The van der Waals surface area contributed by atoms with E-state index in [4.69, 9.17) is 5.26 Å². The molecule has 1 aliphatic rings. The Labute approximate surface area is 120 Å². The molecular formula is C16H21N3O. The fourth-order valence-corrected chi connectivity index (χ4v) is 2.88. The summed E-state index contributed by atoms with van der Waals surface area (Å²) in [7, 11) is 0. The van der Waals surface area contributed by atoms with Gasteiger partial charge in [0, 0.05) is 17.8 Å². The van der Waals surface area contributed by atoms with E-state index in [1.54, 1.807) is 12.1 Å². The summed E-state index contributed by atoms with van der Waals surface area (Å²) in [4.78, 5) is 14.3. The summed E-state index contributed by atoms with van der Waals surface area (Å²) >= 11 is 0. The Morgan fingerprint density at radius 1 is 1.40 bits per heavy atom. The Bertz CT molecular complexity index is 511. The van der Waals surface area contributed by atoms with Crippen LogP contribution in [0.5, 0.6) is 0 Å². The lowest BCUT2D eigenvalue weighted by atomic mass is 9.97. The molecule has 1 N–H and O–H groups in total. The highest BCUT2D eigenvalue weighted by Crippen LogP contribution is 2.22. The second-order valence-electron chi connectivity index (χ2n) is 5.48. The van der Waals surface area contributed by atoms with E-state index in [1.165, 1.54) is 6.42 Å². The minimum atomic E-state index is 0.132. The van der Waals surface area contributed by atoms with Gasteiger partial charge in [0.25, 0.3) is 0 Å². The summed E-state index contributed by atoms with van der Waals surface area (Å²) in [5.41, 5.74) is 1.41. The predicted octanol–water partition coefficient (Wildman–Crippen LogP) is 2.76. The number of likely N-dealkylation sites (tertiary alicyclic amines) is 1. The molecular weight excluding hydrogens is 250 g/mol. The number of nitrogens with zero attached hydrogens (tertiary/aromatic N) is 2. The number of hydrogen-bond acceptors (Lipinski definition) is 3. The molecule has 1 saturated heterocycles. The van der Waals surface area contributed by atoms with Crippen LogP contribution in [-0.2, 0) is 4.79 Å². The lowest BCUT2D eigenvalue weighted by Crippen LogP contribution is -2.49. The molecule has 1 fully saturated rings. The summed E-state index contributed by atoms with van der Waals surface area (Å²) in [6.07, 6.45) is 3.36. The van der Waals surface area contributed by atoms with Gasteiger partial charge in [-0.25, -0.2) is 0 Å². The molecule has 20 heavy (non-hydrogen) atoms. The molecule has 0 radical (unpaired) electrons. The standard InChI is InChI=1S/C16H21N3O/c1-12-5-3-6-13(2)19(12)16(20)11-18-15-8-4-7-14(9-15)10-17/h4,7-9,12-13,18H,3,5-6,11H2,1-2H3/t12-,13-/m0/s1. The van der Waals surface area contributed by atoms with Gasteiger partial charge in [-0.15, -0.1) is 0 Å². The highest BCUT2D eigenvalue weighted by Gasteiger charge is 2.28. The van der Waals surface area contributed by atoms with Gasteiger partial charge >= 0.3 is 0 Å². The molecule has 0 spiro atoms. The number of amides is 1. The third-order valence-electron chi connectivity index (χ3n) is 3.92. The van der Waals surface area contributed by atoms with E-state index in [-0.39, 0.29) is 12.5 Å². The average molecular weight is 271 g/mol. The van der Waals surface area contributed by atoms with Crippen molar-refractivity contribution in [3.05, 3.63) is 29.8 Å². The molecule has 106 valence electrons. The molecule has 1 heterocycles. The van der Waals surface area contributed by atoms with Crippen LogP contribution in [0, 0.1) is 11.3 Å². The molecule has 0 aromatic heterocycles. The number of anilines is 1. The van der Waals surface area contributed by atoms with Crippen molar-refractivity contribution < 1.29 is 4.79 Å². The maximum atomic E-state index is 12.3. The first kappa shape index (κ1) is 14.4. The molecule has 0 bridgehead atoms. The molecule has 4 nitrogen and oxygen atoms in total. The molecule has 2 atom stereocenters. The normalized spacial score (nSPS) is 22.1. The van der Waals surface area contributed by atoms with Crippen molar-refractivity contribution in [2.45, 2.75) is 45.2 Å². The van der Waals surface area contributed by atoms with E-state index in [1.807, 2.05) is 17.0 Å². The van der Waals surface area contributed by atoms with Crippen molar-refractivity contribution in [1.82, 2.24) is 4.90 Å². The van der Waals surface area contributed by atoms with Gasteiger partial charge in [0.05, 0.1) is 18.2 Å². The zero-order chi connectivity index (χ0) is 14.5. The van der Waals surface area contributed by atoms with E-state index in [9.17, 15) is 4.79 Å². The Balaban J connectivity index is 1.96. The van der Waals surface area contributed by atoms with Gasteiger partial charge < -0.3 is 10.2 Å². The van der Waals surface area contributed by atoms with Crippen LogP contribution in [0.2, 0.25) is 0 Å². The van der Waals surface area contributed by atoms with Crippen LogP contribution in [0.1, 0.15) is 38.7 Å². The lowest BCUT2D eigenvalue weighted by Gasteiger charge is -2.39. The third-order valence-corrected chi connectivity index (χ3v) is 3.92. The highest BCUT2D eigenvalue weighted by atomic mass is 16.2. The van der Waals surface area contributed by atoms with Crippen molar-refractivity contribution in [1.29, 1.82) is 5.26 Å². The number of benzene rings is 1. The quantitative estimate of drug-likeness (QED) is 0.919. The van der Waals surface area contributed by atoms with Crippen LogP contribution in [0.4, 0.5) is 5.69 Å². The van der Waals surface area contributed by atoms with Crippen LogP contribution in [0.25, 0.3) is 0 Å². The van der Waals surface area contributed by atoms with Gasteiger partial charge in [-0.2, -0.15) is 5.26 Å². The van der Waals surface area contributed by atoms with Crippen LogP contribution in [0.15, 0.2) is 24.3 Å². The highest BCUT2D eigenvalue weighted by molar-refractivity contribution is 5.81. The van der Waals surface area contributed by atoms with Gasteiger partial charge in [0.2, 0.25) is 5.91 Å². The number of rotatable bonds is 3. The van der Waals surface area contributed by atoms with E-state index in [0.29, 0.717) is 17.6 Å². The van der Waals surface area contributed by atoms with Gasteiger partial charge in [-0.05, 0) is 51.3 Å². The van der Waals surface area contributed by atoms with Crippen molar-refractivity contribution in [3.63, 3.8) is 0 Å². The minimum Gasteiger partial charge on any atom is -0.376 e. The summed E-state index contributed by atoms with van der Waals surface area (Å²) in [5.74, 6) is 0.132. The van der Waals surface area contributed by atoms with E-state index >= 15 is 0 Å². The van der Waals surface area contributed by atoms with Gasteiger partial charge in [0.1, 0.15) is 0 Å². The van der Waals surface area contributed by atoms with Crippen LogP contribution >= 0.6 is 0 Å². The second kappa shape index (κ2) is 6.42. The Kier molecular flexibility index (Phi) is 4.62. The third kappa shape index (κ3) is 3.30. The first-order chi connectivity index (χ1) is 9.61. The van der Waals surface area contributed by atoms with Crippen LogP contribution < -0.4 is 5.32 Å². The topological polar surface area (TPSA) is 56.1 Å². The van der Waals surface area contributed by atoms with Gasteiger partial charge in [-0.3, -0.25) is 4.79 Å². The van der Waals surface area contributed by atoms with E-state index in [2.05, 4.69) is 25.2 Å². The number of carbonyl (C=O) groups is 1. The molecule has 0 aliphatic carbocycles. The smallest absolute Gasteiger partial charge is 0.242 e. The maximum Gasteiger partial charge on any atom is 0.242 e. The molecule has 2 rings (SSSR count). The maximum absolute atomic E-state index is 12.3. The van der Waals surface area contributed by atoms with Crippen molar-refractivity contribution in [2.24, 2.45) is 0 Å². The minimum absolute atomic E-state index is 0.132. The van der Waals surface area contributed by atoms with Crippen molar-refractivity contribution >= 4 is 11.6 Å². The first-order valence-electron chi connectivity index (χ1n) is 7.17. The van der Waals surface area contributed by atoms with Crippen LogP contribution in [0.3, 0.4) is 0 Å². The first-order valence-corrected chi connectivity index (χ1v) is 7.17. The largest absolute Gasteiger partial charge is 0.376 e. The monoisotopic (exact) mass is 271 g/mol. The van der Waals surface area contributed by atoms with E-state index < -0.39 is 0 Å². The molecule has 0 saturated carbocycles. The molecule has 4 heteroatoms. The molecule has 1 aliphatic heterocycles. The van der Waals surface area contributed by atoms with Crippen molar-refractivity contribution in [3.8, 4) is 6.07 Å². The summed E-state index contributed by atoms with van der Waals surface area (Å²) < 4.78 is 0. The fraction of sp³-hybridized carbons (Fsp3) is 0.500. The molecule has 1 aromatic carbocycles. The second-order valence-corrected chi connectivity index (χ2v) is 5.48. The number of nitriles is 1. The fourth-order valence-electron chi connectivity index (χ4n) is 2.88. The summed E-state index contributed by atoms with van der Waals surface area (Å²) in [6.45, 7) is 4.51. The van der Waals surface area contributed by atoms with Crippen molar-refractivity contribution in [2.75, 3.05) is 11.9 Å². The molecule has 0 unspecified atom stereocenters. The zero-order valence-corrected chi connectivity index (χ0v) is 12.1.